The van der Waals surface area contributed by atoms with Crippen LogP contribution >= 0.6 is 0 Å². The van der Waals surface area contributed by atoms with E-state index in [4.69, 9.17) is 139 Å². The summed E-state index contributed by atoms with van der Waals surface area (Å²) in [5.74, 6) is 0. The summed E-state index contributed by atoms with van der Waals surface area (Å²) in [6.45, 7) is 1.18. The molecule has 7 fully saturated rings. The molecule has 0 aromatic carbocycles. The summed E-state index contributed by atoms with van der Waals surface area (Å²) < 4.78 is 115. The van der Waals surface area contributed by atoms with E-state index < -0.39 is 235 Å². The second-order valence-corrected chi connectivity index (χ2v) is 32.6. The van der Waals surface area contributed by atoms with Crippen LogP contribution in [0.4, 0.5) is 0 Å². The molecule has 6 aromatic heterocycles. The van der Waals surface area contributed by atoms with Crippen molar-refractivity contribution in [2.45, 2.75) is 301 Å². The maximum atomic E-state index is 12.2. The van der Waals surface area contributed by atoms with E-state index in [1.54, 1.807) is 13.1 Å². The van der Waals surface area contributed by atoms with Gasteiger partial charge in [0.25, 0.3) is 0 Å². The number of hydrogen-bond acceptors (Lipinski definition) is 56. The van der Waals surface area contributed by atoms with Crippen LogP contribution in [0.3, 0.4) is 0 Å². The fraction of sp³-hybridized carbons (Fsp3) is 0.840. The van der Waals surface area contributed by atoms with Crippen LogP contribution in [0, 0.1) is 0 Å². The third-order valence-electron chi connectivity index (χ3n) is 22.5. The van der Waals surface area contributed by atoms with Crippen molar-refractivity contribution in [3.8, 4) is 0 Å². The number of rotatable bonds is 54. The molecule has 0 spiro atoms. The van der Waals surface area contributed by atoms with E-state index in [0.717, 1.165) is 0 Å². The Morgan fingerprint density at radius 2 is 0.460 bits per heavy atom. The maximum absolute atomic E-state index is 12.2. The van der Waals surface area contributed by atoms with Crippen LogP contribution in [0.2, 0.25) is 0 Å². The molecule has 7 aliphatic rings. The first kappa shape index (κ1) is 107. The van der Waals surface area contributed by atoms with Crippen LogP contribution in [0.5, 0.6) is 0 Å². The third kappa shape index (κ3) is 28.2. The first-order valence-corrected chi connectivity index (χ1v) is 43.4. The van der Waals surface area contributed by atoms with Gasteiger partial charge in [-0.05, 0) is 6.92 Å². The first-order chi connectivity index (χ1) is 66.2. The fourth-order valence-corrected chi connectivity index (χ4v) is 15.4. The fourth-order valence-electron chi connectivity index (χ4n) is 15.4. The minimum Gasteiger partial charge on any atom is -0.388 e. The Bertz CT molecular complexity index is 4440. The number of ether oxygens (including phenoxy) is 19. The van der Waals surface area contributed by atoms with Gasteiger partial charge in [-0.25, -0.2) is 77.0 Å². The normalized spacial score (nSPS) is 35.6. The number of aliphatic hydroxyl groups excluding tert-OH is 15. The van der Waals surface area contributed by atoms with Gasteiger partial charge in [0.05, 0.1) is 175 Å². The molecule has 0 saturated carbocycles. The smallest absolute Gasteiger partial charge is 0.220 e. The highest BCUT2D eigenvalue weighted by Gasteiger charge is 2.57. The first-order valence-electron chi connectivity index (χ1n) is 43.4. The Morgan fingerprint density at radius 1 is 0.234 bits per heavy atom. The zero-order valence-corrected chi connectivity index (χ0v) is 75.4. The summed E-state index contributed by atoms with van der Waals surface area (Å²) in [5, 5.41) is 220. The summed E-state index contributed by atoms with van der Waals surface area (Å²) >= 11 is 0. The molecule has 774 valence electrons. The Balaban J connectivity index is 0.635. The summed E-state index contributed by atoms with van der Waals surface area (Å²) in [7, 11) is 9.63. The van der Waals surface area contributed by atoms with E-state index in [0.29, 0.717) is 34.2 Å². The van der Waals surface area contributed by atoms with Gasteiger partial charge in [-0.3, -0.25) is 0 Å². The molecule has 0 bridgehead atoms. The SMILES string of the molecule is COCc1cn(C[C@H]2O[C@H](OO[C@H]3[C@H](O)[C@@H](O)[C@@H](OO[C@H]4[C@H](O)[C@@H](O)[C@@H](OO[C@H]5[C@H](O)[C@@H](O)[C@@H](OO[C@H]6[C@H](O)[C@@H](O)[C@@H](OO[C@H]7[C@H](O)[C@@H](O)[C@@H](OC)O[C@@H]7Cn7cc(COCCOCCOCCOCCO[C@@H]8OC(C)[C@@H](O)C(O)[C@H]8O)nn7)O[C@@H]6Cn6cc(COC)nn6)O[C@@H]5Cn5cc(COC)nn5)O[C@@H]4Cn4cc(COC)nn4)O[C@@H]3Cn3cc(COC)nn3)[C@H](O)[C@@H](O)[C@@H]2OC)nn1. The highest BCUT2D eigenvalue weighted by molar-refractivity contribution is 5.02. The Morgan fingerprint density at radius 3 is 0.723 bits per heavy atom. The van der Waals surface area contributed by atoms with Crippen molar-refractivity contribution in [2.24, 2.45) is 0 Å². The number of methoxy groups -OCH3 is 7. The molecule has 0 amide bonds. The zero-order valence-electron chi connectivity index (χ0n) is 75.4. The quantitative estimate of drug-likeness (QED) is 0.00958. The van der Waals surface area contributed by atoms with Gasteiger partial charge in [-0.15, -0.1) is 30.6 Å². The van der Waals surface area contributed by atoms with Gasteiger partial charge in [0.1, 0.15) is 199 Å². The minimum atomic E-state index is -2.22. The molecule has 15 N–H and O–H groups in total. The molecule has 62 nitrogen and oxygen atoms in total. The molecule has 6 aromatic rings. The van der Waals surface area contributed by atoms with Gasteiger partial charge in [0, 0.05) is 49.8 Å². The van der Waals surface area contributed by atoms with Crippen LogP contribution in [0.15, 0.2) is 37.2 Å². The zero-order chi connectivity index (χ0) is 97.5. The predicted octanol–water partition coefficient (Wildman–Crippen LogP) is -12.2. The predicted molar refractivity (Wildman–Crippen MR) is 426 cm³/mol. The Hall–Kier alpha value is -6.92. The number of nitrogens with zero attached hydrogens (tertiary/aromatic N) is 18. The average Bonchev–Trinajstić information content (AvgIpc) is 1.76. The van der Waals surface area contributed by atoms with E-state index >= 15 is 0 Å². The van der Waals surface area contributed by atoms with Crippen molar-refractivity contribution in [3.05, 3.63) is 71.3 Å². The maximum Gasteiger partial charge on any atom is 0.220 e. The molecule has 13 rings (SSSR count). The van der Waals surface area contributed by atoms with Crippen LogP contribution in [-0.2, 0) is 218 Å². The molecule has 13 heterocycles. The van der Waals surface area contributed by atoms with Crippen molar-refractivity contribution in [3.63, 3.8) is 0 Å². The average molecular weight is 1980 g/mol. The Kier molecular flexibility index (Phi) is 41.0. The summed E-state index contributed by atoms with van der Waals surface area (Å²) in [4.78, 5) is 57.6. The molecule has 35 atom stereocenters. The van der Waals surface area contributed by atoms with E-state index in [-0.39, 0.29) is 112 Å². The molecule has 7 saturated heterocycles. The van der Waals surface area contributed by atoms with Crippen molar-refractivity contribution >= 4 is 0 Å². The van der Waals surface area contributed by atoms with Gasteiger partial charge in [-0.1, -0.05) is 31.3 Å². The summed E-state index contributed by atoms with van der Waals surface area (Å²) in [6.07, 6.45) is -51.5. The topological polar surface area (TPSA) is 755 Å². The standard InChI is InChI=1S/C75H120N18O44/c1-35-48(94)49(95)56(102)70(121-35)120-16-15-118-12-11-116-9-10-117-13-14-119-34-41-22-93(87-81-41)24-43-64(51(97)57(103)69(115-8)122-43)128-134-72-59(105)53(99)66(45(124-72)26-90-19-38(31-111-4)78-84-90)130-136-74-61(107)55(101)68(47(126-74)28-92-21-40(33-113-6)80-86-92)132-137-75-62(108)54(100)67(46(127-75)27-91-20-39(32-112-5)79-85-91)131-135-73-60(106)52(98)65(44(125-73)25-89-18-37(30-110-3)77-83-89)129-133-71-58(104)50(96)63(114-7)42(123-71)23-88-17-36(29-109-2)76-82-88/h17-22,35,42-75,94-108H,9-16,23-34H2,1-8H3/t35?,42-,43-,44-,45-,46-,47-,48-,49?,50-,51-,52-,53-,54-,55-,56-,57-,58-,59-,60-,61-,62-,63-,64-,65-,66-,67-,68-,69+,70-,71-,72-,73-,74-,75-/m1/s1. The van der Waals surface area contributed by atoms with Gasteiger partial charge in [0.2, 0.25) is 31.5 Å². The third-order valence-corrected chi connectivity index (χ3v) is 22.5. The van der Waals surface area contributed by atoms with Crippen molar-refractivity contribution in [1.29, 1.82) is 0 Å². The highest BCUT2D eigenvalue weighted by atomic mass is 17.3. The van der Waals surface area contributed by atoms with Gasteiger partial charge >= 0.3 is 0 Å². The minimum absolute atomic E-state index is 0.00507. The van der Waals surface area contributed by atoms with Crippen molar-refractivity contribution < 1.29 is 215 Å². The number of hydrogen-bond donors (Lipinski definition) is 15. The molecule has 7 aliphatic heterocycles. The van der Waals surface area contributed by atoms with E-state index in [1.165, 1.54) is 109 Å². The lowest BCUT2D eigenvalue weighted by atomic mass is 9.98. The summed E-state index contributed by atoms with van der Waals surface area (Å²) in [6, 6.07) is 0. The van der Waals surface area contributed by atoms with Crippen LogP contribution < -0.4 is 0 Å². The molecule has 0 aliphatic carbocycles. The number of aliphatic hydroxyl groups is 15. The lowest BCUT2D eigenvalue weighted by Crippen LogP contribution is -2.64. The molecule has 62 heteroatoms. The highest BCUT2D eigenvalue weighted by Crippen LogP contribution is 2.37. The van der Waals surface area contributed by atoms with E-state index in [9.17, 15) is 76.6 Å². The molecule has 2 unspecified atom stereocenters. The monoisotopic (exact) mass is 1980 g/mol. The molecular formula is C75H120N18O44. The van der Waals surface area contributed by atoms with E-state index in [1.807, 2.05) is 0 Å². The molecular weight excluding hydrogens is 1860 g/mol. The van der Waals surface area contributed by atoms with Crippen LogP contribution in [0.1, 0.15) is 41.1 Å². The lowest BCUT2D eigenvalue weighted by Gasteiger charge is -2.45. The van der Waals surface area contributed by atoms with Gasteiger partial charge in [0.15, 0.2) is 12.6 Å². The largest absolute Gasteiger partial charge is 0.388 e. The van der Waals surface area contributed by atoms with E-state index in [2.05, 4.69) is 61.9 Å². The van der Waals surface area contributed by atoms with Crippen LogP contribution in [-0.4, -0.2) is 484 Å². The second-order valence-electron chi connectivity index (χ2n) is 32.6. The van der Waals surface area contributed by atoms with Crippen molar-refractivity contribution in [2.75, 3.05) is 103 Å². The van der Waals surface area contributed by atoms with Gasteiger partial charge < -0.3 is 167 Å². The lowest BCUT2D eigenvalue weighted by molar-refractivity contribution is -0.508. The van der Waals surface area contributed by atoms with Crippen molar-refractivity contribution in [1.82, 2.24) is 90.0 Å². The second kappa shape index (κ2) is 52.4. The van der Waals surface area contributed by atoms with Gasteiger partial charge in [-0.2, -0.15) is 0 Å². The molecule has 0 radical (unpaired) electrons. The number of aromatic nitrogens is 18. The summed E-state index contributed by atoms with van der Waals surface area (Å²) in [5.41, 5.74) is 2.12. The molecule has 137 heavy (non-hydrogen) atoms. The Labute approximate surface area is 777 Å². The van der Waals surface area contributed by atoms with Crippen LogP contribution in [0.25, 0.3) is 0 Å².